The zero-order chi connectivity index (χ0) is 12.9. The van der Waals surface area contributed by atoms with Crippen LogP contribution in [-0.2, 0) is 0 Å². The molecule has 3 aromatic rings. The van der Waals surface area contributed by atoms with E-state index in [0.717, 1.165) is 0 Å². The van der Waals surface area contributed by atoms with Gasteiger partial charge in [-0.2, -0.15) is 4.98 Å². The Morgan fingerprint density at radius 1 is 1.28 bits per heavy atom. The fourth-order valence-corrected chi connectivity index (χ4v) is 2.47. The van der Waals surface area contributed by atoms with Crippen LogP contribution in [0, 0.1) is 5.82 Å². The van der Waals surface area contributed by atoms with E-state index in [4.69, 9.17) is 23.2 Å². The zero-order valence-corrected chi connectivity index (χ0v) is 10.7. The number of aromatic amines is 1. The Hall–Kier alpha value is -1.59. The van der Waals surface area contributed by atoms with Crippen LogP contribution >= 0.6 is 23.2 Å². The highest BCUT2D eigenvalue weighted by Crippen LogP contribution is 2.34. The third-order valence-corrected chi connectivity index (χ3v) is 3.17. The average Bonchev–Trinajstić information content (AvgIpc) is 2.65. The number of hydrogen-bond donors (Lipinski definition) is 2. The molecule has 0 aliphatic carbocycles. The van der Waals surface area contributed by atoms with Gasteiger partial charge in [0.25, 0.3) is 0 Å². The van der Waals surface area contributed by atoms with Gasteiger partial charge in [0.1, 0.15) is 16.6 Å². The van der Waals surface area contributed by atoms with Gasteiger partial charge in [-0.05, 0) is 23.7 Å². The molecule has 0 aliphatic heterocycles. The van der Waals surface area contributed by atoms with Gasteiger partial charge in [-0.3, -0.25) is 0 Å². The van der Waals surface area contributed by atoms with Crippen molar-refractivity contribution < 1.29 is 4.39 Å². The minimum Gasteiger partial charge on any atom is -0.386 e. The first-order valence-electron chi connectivity index (χ1n) is 5.12. The van der Waals surface area contributed by atoms with E-state index in [2.05, 4.69) is 20.3 Å². The van der Waals surface area contributed by atoms with Crippen molar-refractivity contribution in [3.63, 3.8) is 0 Å². The van der Waals surface area contributed by atoms with E-state index in [0.29, 0.717) is 27.6 Å². The third-order valence-electron chi connectivity index (χ3n) is 2.72. The molecule has 0 amide bonds. The Kier molecular flexibility index (Phi) is 2.53. The van der Waals surface area contributed by atoms with Gasteiger partial charge in [-0.25, -0.2) is 9.37 Å². The minimum absolute atomic E-state index is 0.0468. The lowest BCUT2D eigenvalue weighted by Crippen LogP contribution is -1.90. The van der Waals surface area contributed by atoms with Crippen LogP contribution in [0.25, 0.3) is 21.9 Å². The molecular weight excluding hydrogens is 278 g/mol. The highest BCUT2D eigenvalue weighted by Gasteiger charge is 2.15. The smallest absolute Gasteiger partial charge is 0.225 e. The summed E-state index contributed by atoms with van der Waals surface area (Å²) in [5.41, 5.74) is 1.82. The molecule has 0 spiro atoms. The van der Waals surface area contributed by atoms with Gasteiger partial charge in [0, 0.05) is 12.4 Å². The molecule has 7 heteroatoms. The van der Waals surface area contributed by atoms with Crippen LogP contribution in [0.2, 0.25) is 10.4 Å². The second-order valence-corrected chi connectivity index (χ2v) is 4.45. The van der Waals surface area contributed by atoms with Crippen LogP contribution in [0.5, 0.6) is 0 Å². The Morgan fingerprint density at radius 3 is 2.78 bits per heavy atom. The molecule has 0 saturated heterocycles. The van der Waals surface area contributed by atoms with Gasteiger partial charge in [0.05, 0.1) is 16.6 Å². The second kappa shape index (κ2) is 3.96. The van der Waals surface area contributed by atoms with E-state index in [9.17, 15) is 4.39 Å². The predicted molar refractivity (Wildman–Crippen MR) is 70.9 cm³/mol. The van der Waals surface area contributed by atoms with Crippen LogP contribution in [0.4, 0.5) is 10.1 Å². The molecule has 0 saturated carbocycles. The Morgan fingerprint density at radius 2 is 2.06 bits per heavy atom. The fraction of sp³-hybridized carbons (Fsp3) is 0.0909. The van der Waals surface area contributed by atoms with Crippen molar-refractivity contribution in [1.29, 1.82) is 0 Å². The first-order chi connectivity index (χ1) is 8.60. The summed E-state index contributed by atoms with van der Waals surface area (Å²) >= 11 is 11.8. The number of hydrogen-bond acceptors (Lipinski definition) is 3. The van der Waals surface area contributed by atoms with Crippen molar-refractivity contribution in [3.05, 3.63) is 28.4 Å². The number of nitrogens with one attached hydrogen (secondary N) is 2. The molecule has 92 valence electrons. The van der Waals surface area contributed by atoms with E-state index in [1.54, 1.807) is 7.05 Å². The molecule has 0 atom stereocenters. The summed E-state index contributed by atoms with van der Waals surface area (Å²) in [6, 6.07) is 2.78. The summed E-state index contributed by atoms with van der Waals surface area (Å²) in [6.45, 7) is 0. The maximum Gasteiger partial charge on any atom is 0.225 e. The molecule has 2 heterocycles. The van der Waals surface area contributed by atoms with Gasteiger partial charge in [-0.1, -0.05) is 11.6 Å². The van der Waals surface area contributed by atoms with Crippen LogP contribution in [0.3, 0.4) is 0 Å². The Balaban J connectivity index is 2.55. The predicted octanol–water partition coefficient (Wildman–Crippen LogP) is 3.60. The largest absolute Gasteiger partial charge is 0.386 e. The van der Waals surface area contributed by atoms with Crippen LogP contribution in [-0.4, -0.2) is 22.0 Å². The number of H-pyrrole nitrogens is 1. The summed E-state index contributed by atoms with van der Waals surface area (Å²) in [5, 5.41) is 4.34. The van der Waals surface area contributed by atoms with Crippen molar-refractivity contribution in [2.24, 2.45) is 0 Å². The standard InChI is InChI=1S/C11H7Cl2FN4/c1-15-6-3-4(14)2-5-7-9(12)17-11(13)18-10(7)16-8(5)6/h2-3,15H,1H3,(H,16,17,18). The first-order valence-corrected chi connectivity index (χ1v) is 5.87. The number of anilines is 1. The number of aromatic nitrogens is 3. The number of rotatable bonds is 1. The first kappa shape index (κ1) is 11.5. The summed E-state index contributed by atoms with van der Waals surface area (Å²) in [5.74, 6) is -0.362. The number of halogens is 3. The maximum absolute atomic E-state index is 13.5. The van der Waals surface area contributed by atoms with Crippen molar-refractivity contribution >= 4 is 50.8 Å². The number of benzene rings is 1. The average molecular weight is 285 g/mol. The van der Waals surface area contributed by atoms with Gasteiger partial charge in [0.2, 0.25) is 5.28 Å². The van der Waals surface area contributed by atoms with E-state index < -0.39 is 0 Å². The van der Waals surface area contributed by atoms with E-state index in [-0.39, 0.29) is 16.3 Å². The lowest BCUT2D eigenvalue weighted by atomic mass is 10.2. The molecule has 2 aromatic heterocycles. The van der Waals surface area contributed by atoms with Gasteiger partial charge in [0.15, 0.2) is 0 Å². The molecule has 0 fully saturated rings. The van der Waals surface area contributed by atoms with Gasteiger partial charge >= 0.3 is 0 Å². The molecule has 0 bridgehead atoms. The molecule has 18 heavy (non-hydrogen) atoms. The third kappa shape index (κ3) is 1.59. The van der Waals surface area contributed by atoms with Crippen molar-refractivity contribution in [3.8, 4) is 0 Å². The summed E-state index contributed by atoms with van der Waals surface area (Å²) < 4.78 is 13.5. The van der Waals surface area contributed by atoms with Crippen LogP contribution < -0.4 is 5.32 Å². The van der Waals surface area contributed by atoms with Gasteiger partial charge < -0.3 is 10.3 Å². The topological polar surface area (TPSA) is 53.6 Å². The summed E-state index contributed by atoms with van der Waals surface area (Å²) in [4.78, 5) is 11.0. The van der Waals surface area contributed by atoms with Crippen molar-refractivity contribution in [1.82, 2.24) is 15.0 Å². The van der Waals surface area contributed by atoms with Crippen molar-refractivity contribution in [2.45, 2.75) is 0 Å². The Bertz CT molecular complexity index is 769. The monoisotopic (exact) mass is 284 g/mol. The molecule has 1 aromatic carbocycles. The van der Waals surface area contributed by atoms with Crippen LogP contribution in [0.15, 0.2) is 12.1 Å². The fourth-order valence-electron chi connectivity index (χ4n) is 1.99. The molecular formula is C11H7Cl2FN4. The number of nitrogens with zero attached hydrogens (tertiary/aromatic N) is 2. The number of fused-ring (bicyclic) bond motifs is 3. The summed E-state index contributed by atoms with van der Waals surface area (Å²) in [7, 11) is 1.71. The quantitative estimate of drug-likeness (QED) is 0.530. The zero-order valence-electron chi connectivity index (χ0n) is 9.18. The Labute approximate surface area is 111 Å². The lowest BCUT2D eigenvalue weighted by molar-refractivity contribution is 0.630. The SMILES string of the molecule is CNc1cc(F)cc2c1[nH]c1nc(Cl)nc(Cl)c12. The van der Waals surface area contributed by atoms with E-state index in [1.165, 1.54) is 12.1 Å². The molecule has 3 rings (SSSR count). The highest BCUT2D eigenvalue weighted by atomic mass is 35.5. The van der Waals surface area contributed by atoms with Crippen LogP contribution in [0.1, 0.15) is 0 Å². The van der Waals surface area contributed by atoms with Gasteiger partial charge in [-0.15, -0.1) is 0 Å². The van der Waals surface area contributed by atoms with E-state index >= 15 is 0 Å². The summed E-state index contributed by atoms with van der Waals surface area (Å²) in [6.07, 6.45) is 0. The van der Waals surface area contributed by atoms with E-state index in [1.807, 2.05) is 0 Å². The minimum atomic E-state index is -0.362. The van der Waals surface area contributed by atoms with Crippen molar-refractivity contribution in [2.75, 3.05) is 12.4 Å². The molecule has 2 N–H and O–H groups in total. The normalized spacial score (nSPS) is 11.3. The lowest BCUT2D eigenvalue weighted by Gasteiger charge is -2.02. The molecule has 0 radical (unpaired) electrons. The molecule has 0 aliphatic rings. The molecule has 4 nitrogen and oxygen atoms in total. The highest BCUT2D eigenvalue weighted by molar-refractivity contribution is 6.38. The molecule has 0 unspecified atom stereocenters. The maximum atomic E-state index is 13.5. The second-order valence-electron chi connectivity index (χ2n) is 3.76.